The third kappa shape index (κ3) is 4.91. The predicted molar refractivity (Wildman–Crippen MR) is 117 cm³/mol. The van der Waals surface area contributed by atoms with Crippen molar-refractivity contribution in [1.82, 2.24) is 5.32 Å². The van der Waals surface area contributed by atoms with E-state index in [1.54, 1.807) is 0 Å². The van der Waals surface area contributed by atoms with Crippen molar-refractivity contribution < 1.29 is 9.90 Å². The number of benzene rings is 3. The van der Waals surface area contributed by atoms with Crippen molar-refractivity contribution in [3.8, 4) is 0 Å². The summed E-state index contributed by atoms with van der Waals surface area (Å²) in [7, 11) is 0. The zero-order valence-corrected chi connectivity index (χ0v) is 16.5. The van der Waals surface area contributed by atoms with E-state index in [9.17, 15) is 4.79 Å². The van der Waals surface area contributed by atoms with Gasteiger partial charge in [-0.1, -0.05) is 97.4 Å². The zero-order valence-electron chi connectivity index (χ0n) is 16.5. The minimum absolute atomic E-state index is 0.478. The van der Waals surface area contributed by atoms with Crippen LogP contribution < -0.4 is 11.1 Å². The average Bonchev–Trinajstić information content (AvgIpc) is 2.78. The Bertz CT molecular complexity index is 786. The van der Waals surface area contributed by atoms with Crippen molar-refractivity contribution >= 4 is 5.97 Å². The van der Waals surface area contributed by atoms with E-state index in [1.807, 2.05) is 18.2 Å². The van der Waals surface area contributed by atoms with Gasteiger partial charge >= 0.3 is 5.97 Å². The molecule has 3 aromatic carbocycles. The van der Waals surface area contributed by atoms with Crippen LogP contribution in [0.5, 0.6) is 0 Å². The molecule has 3 aromatic rings. The number of carbonyl (C=O) groups is 1. The summed E-state index contributed by atoms with van der Waals surface area (Å²) in [6.45, 7) is 0.741. The molecular weight excluding hydrogens is 360 g/mol. The van der Waals surface area contributed by atoms with Gasteiger partial charge in [-0.3, -0.25) is 10.1 Å². The first-order chi connectivity index (χ1) is 14.1. The molecule has 0 saturated heterocycles. The molecule has 1 atom stereocenters. The monoisotopic (exact) mass is 388 g/mol. The molecule has 0 saturated carbocycles. The Morgan fingerprint density at radius 2 is 1.21 bits per heavy atom. The van der Waals surface area contributed by atoms with Crippen LogP contribution >= 0.6 is 0 Å². The minimum Gasteiger partial charge on any atom is -0.480 e. The van der Waals surface area contributed by atoms with E-state index in [-0.39, 0.29) is 0 Å². The number of rotatable bonds is 10. The number of nitrogens with two attached hydrogens (primary N) is 1. The van der Waals surface area contributed by atoms with Crippen LogP contribution in [0.3, 0.4) is 0 Å². The Hall–Kier alpha value is -2.95. The van der Waals surface area contributed by atoms with Crippen LogP contribution in [0.2, 0.25) is 0 Å². The molecular formula is C25H28N2O2. The Labute approximate surface area is 172 Å². The fraction of sp³-hybridized carbons (Fsp3) is 0.240. The van der Waals surface area contributed by atoms with Gasteiger partial charge < -0.3 is 10.8 Å². The highest BCUT2D eigenvalue weighted by molar-refractivity contribution is 5.72. The molecule has 29 heavy (non-hydrogen) atoms. The SMILES string of the molecule is NC(CCCCNC(c1ccccc1)(c1ccccc1)c1ccccc1)C(=O)O. The molecule has 4 nitrogen and oxygen atoms in total. The maximum atomic E-state index is 10.9. The van der Waals surface area contributed by atoms with Gasteiger partial charge in [0, 0.05) is 0 Å². The summed E-state index contributed by atoms with van der Waals surface area (Å²) in [5.41, 5.74) is 8.65. The maximum Gasteiger partial charge on any atom is 0.320 e. The normalized spacial score (nSPS) is 12.4. The van der Waals surface area contributed by atoms with Gasteiger partial charge in [-0.2, -0.15) is 0 Å². The number of aliphatic carboxylic acids is 1. The number of carboxylic acid groups (broad SMARTS) is 1. The van der Waals surface area contributed by atoms with Gasteiger partial charge in [0.1, 0.15) is 6.04 Å². The molecule has 3 rings (SSSR count). The van der Waals surface area contributed by atoms with Gasteiger partial charge in [-0.25, -0.2) is 0 Å². The van der Waals surface area contributed by atoms with E-state index < -0.39 is 17.6 Å². The summed E-state index contributed by atoms with van der Waals surface area (Å²) in [4.78, 5) is 10.9. The molecule has 150 valence electrons. The molecule has 0 fully saturated rings. The number of carboxylic acids is 1. The van der Waals surface area contributed by atoms with Gasteiger partial charge in [0.15, 0.2) is 0 Å². The van der Waals surface area contributed by atoms with Crippen molar-refractivity contribution in [3.63, 3.8) is 0 Å². The Morgan fingerprint density at radius 1 is 0.793 bits per heavy atom. The topological polar surface area (TPSA) is 75.3 Å². The highest BCUT2D eigenvalue weighted by Gasteiger charge is 2.35. The summed E-state index contributed by atoms with van der Waals surface area (Å²) in [6, 6.07) is 30.5. The smallest absolute Gasteiger partial charge is 0.320 e. The number of hydrogen-bond donors (Lipinski definition) is 3. The number of nitrogens with one attached hydrogen (secondary N) is 1. The van der Waals surface area contributed by atoms with E-state index in [2.05, 4.69) is 78.1 Å². The van der Waals surface area contributed by atoms with Crippen molar-refractivity contribution in [2.75, 3.05) is 6.54 Å². The minimum atomic E-state index is -0.940. The Kier molecular flexibility index (Phi) is 7.17. The molecule has 0 bridgehead atoms. The summed E-state index contributed by atoms with van der Waals surface area (Å²) < 4.78 is 0. The van der Waals surface area contributed by atoms with E-state index in [0.29, 0.717) is 6.42 Å². The molecule has 1 unspecified atom stereocenters. The highest BCUT2D eigenvalue weighted by Crippen LogP contribution is 2.36. The van der Waals surface area contributed by atoms with Crippen LogP contribution in [0.1, 0.15) is 36.0 Å². The summed E-state index contributed by atoms with van der Waals surface area (Å²) in [5, 5.41) is 12.8. The summed E-state index contributed by atoms with van der Waals surface area (Å²) in [6.07, 6.45) is 2.08. The molecule has 0 aliphatic heterocycles. The third-order valence-electron chi connectivity index (χ3n) is 5.27. The van der Waals surface area contributed by atoms with Crippen LogP contribution in [0, 0.1) is 0 Å². The molecule has 4 N–H and O–H groups in total. The molecule has 4 heteroatoms. The first kappa shape index (κ1) is 20.8. The first-order valence-corrected chi connectivity index (χ1v) is 10.0. The Balaban J connectivity index is 1.92. The van der Waals surface area contributed by atoms with Gasteiger partial charge in [0.25, 0.3) is 0 Å². The quantitative estimate of drug-likeness (QED) is 0.360. The largest absolute Gasteiger partial charge is 0.480 e. The van der Waals surface area contributed by atoms with Gasteiger partial charge in [0.2, 0.25) is 0 Å². The van der Waals surface area contributed by atoms with Crippen molar-refractivity contribution in [2.45, 2.75) is 30.8 Å². The molecule has 0 radical (unpaired) electrons. The number of hydrogen-bond acceptors (Lipinski definition) is 3. The second-order valence-corrected chi connectivity index (χ2v) is 7.22. The second kappa shape index (κ2) is 10.0. The lowest BCUT2D eigenvalue weighted by Gasteiger charge is -2.37. The second-order valence-electron chi connectivity index (χ2n) is 7.22. The zero-order chi connectivity index (χ0) is 20.5. The van der Waals surface area contributed by atoms with Crippen LogP contribution in [-0.4, -0.2) is 23.7 Å². The summed E-state index contributed by atoms with van der Waals surface area (Å²) >= 11 is 0. The van der Waals surface area contributed by atoms with E-state index in [1.165, 1.54) is 16.7 Å². The molecule has 0 aliphatic rings. The van der Waals surface area contributed by atoms with Gasteiger partial charge in [-0.05, 0) is 36.1 Å². The molecule has 0 spiro atoms. The fourth-order valence-electron chi connectivity index (χ4n) is 3.76. The van der Waals surface area contributed by atoms with Crippen LogP contribution in [0.4, 0.5) is 0 Å². The molecule has 0 aliphatic carbocycles. The van der Waals surface area contributed by atoms with E-state index in [4.69, 9.17) is 10.8 Å². The van der Waals surface area contributed by atoms with Gasteiger partial charge in [0.05, 0.1) is 5.54 Å². The lowest BCUT2D eigenvalue weighted by Crippen LogP contribution is -2.45. The molecule has 0 aromatic heterocycles. The third-order valence-corrected chi connectivity index (χ3v) is 5.27. The first-order valence-electron chi connectivity index (χ1n) is 10.0. The van der Waals surface area contributed by atoms with Crippen molar-refractivity contribution in [1.29, 1.82) is 0 Å². The standard InChI is InChI=1S/C25H28N2O2/c26-23(24(28)29)18-10-11-19-27-25(20-12-4-1-5-13-20,21-14-6-2-7-15-21)22-16-8-3-9-17-22/h1-9,12-17,23,27H,10-11,18-19,26H2,(H,28,29). The van der Waals surface area contributed by atoms with Gasteiger partial charge in [-0.15, -0.1) is 0 Å². The van der Waals surface area contributed by atoms with Crippen LogP contribution in [0.25, 0.3) is 0 Å². The molecule has 0 heterocycles. The van der Waals surface area contributed by atoms with Crippen molar-refractivity contribution in [3.05, 3.63) is 108 Å². The predicted octanol–water partition coefficient (Wildman–Crippen LogP) is 4.15. The maximum absolute atomic E-state index is 10.9. The average molecular weight is 389 g/mol. The highest BCUT2D eigenvalue weighted by atomic mass is 16.4. The Morgan fingerprint density at radius 3 is 1.59 bits per heavy atom. The summed E-state index contributed by atoms with van der Waals surface area (Å²) in [5.74, 6) is -0.940. The fourth-order valence-corrected chi connectivity index (χ4v) is 3.76. The molecule has 0 amide bonds. The van der Waals surface area contributed by atoms with Crippen molar-refractivity contribution in [2.24, 2.45) is 5.73 Å². The van der Waals surface area contributed by atoms with E-state index >= 15 is 0 Å². The number of unbranched alkanes of at least 4 members (excludes halogenated alkanes) is 1. The lowest BCUT2D eigenvalue weighted by atomic mass is 9.77. The van der Waals surface area contributed by atoms with E-state index in [0.717, 1.165) is 19.4 Å². The van der Waals surface area contributed by atoms with Crippen LogP contribution in [0.15, 0.2) is 91.0 Å². The van der Waals surface area contributed by atoms with Crippen LogP contribution in [-0.2, 0) is 10.3 Å². The lowest BCUT2D eigenvalue weighted by molar-refractivity contribution is -0.138.